The molecule has 4 nitrogen and oxygen atoms in total. The van der Waals surface area contributed by atoms with E-state index in [1.165, 1.54) is 0 Å². The van der Waals surface area contributed by atoms with Crippen molar-refractivity contribution in [1.82, 2.24) is 0 Å². The van der Waals surface area contributed by atoms with Gasteiger partial charge in [-0.15, -0.1) is 12.4 Å². The highest BCUT2D eigenvalue weighted by molar-refractivity contribution is 5.85. The van der Waals surface area contributed by atoms with Gasteiger partial charge in [0.05, 0.1) is 20.3 Å². The number of ether oxygens (including phenoxy) is 2. The van der Waals surface area contributed by atoms with Crippen molar-refractivity contribution in [3.8, 4) is 17.6 Å². The van der Waals surface area contributed by atoms with E-state index >= 15 is 0 Å². The topological polar surface area (TPSA) is 68.3 Å². The highest BCUT2D eigenvalue weighted by atomic mass is 35.5. The summed E-state index contributed by atoms with van der Waals surface area (Å²) in [6, 6.07) is 6.50. The number of halogens is 1. The molecule has 0 aliphatic rings. The van der Waals surface area contributed by atoms with E-state index in [0.29, 0.717) is 17.1 Å². The molecule has 0 radical (unpaired) electrons. The van der Waals surface area contributed by atoms with Crippen LogP contribution in [0.2, 0.25) is 0 Å². The van der Waals surface area contributed by atoms with E-state index < -0.39 is 6.04 Å². The molecule has 0 bridgehead atoms. The Morgan fingerprint density at radius 3 is 2.33 bits per heavy atom. The second-order valence-corrected chi connectivity index (χ2v) is 2.72. The zero-order chi connectivity index (χ0) is 10.6. The lowest BCUT2D eigenvalue weighted by Crippen LogP contribution is -2.07. The number of hydrogen-bond donors (Lipinski definition) is 1. The second kappa shape index (κ2) is 6.12. The molecule has 0 saturated heterocycles. The summed E-state index contributed by atoms with van der Waals surface area (Å²) in [7, 11) is 3.10. The molecule has 1 aromatic carbocycles. The molecule has 0 heterocycles. The maximum absolute atomic E-state index is 8.63. The molecule has 0 spiro atoms. The van der Waals surface area contributed by atoms with Gasteiger partial charge < -0.3 is 15.2 Å². The molecule has 1 unspecified atom stereocenters. The summed E-state index contributed by atoms with van der Waals surface area (Å²) in [6.07, 6.45) is 0. The zero-order valence-electron chi connectivity index (χ0n) is 8.56. The van der Waals surface area contributed by atoms with E-state index in [1.54, 1.807) is 32.4 Å². The quantitative estimate of drug-likeness (QED) is 0.854. The van der Waals surface area contributed by atoms with E-state index in [0.717, 1.165) is 0 Å². The van der Waals surface area contributed by atoms with E-state index in [1.807, 2.05) is 6.07 Å². The fourth-order valence-corrected chi connectivity index (χ4v) is 1.12. The maximum atomic E-state index is 8.63. The van der Waals surface area contributed by atoms with Gasteiger partial charge in [0.1, 0.15) is 6.04 Å². The van der Waals surface area contributed by atoms with Crippen LogP contribution in [0.25, 0.3) is 0 Å². The molecule has 2 N–H and O–H groups in total. The van der Waals surface area contributed by atoms with Crippen LogP contribution in [0, 0.1) is 11.3 Å². The molecule has 1 atom stereocenters. The fraction of sp³-hybridized carbons (Fsp3) is 0.300. The molecule has 0 fully saturated rings. The first kappa shape index (κ1) is 13.6. The van der Waals surface area contributed by atoms with E-state index in [2.05, 4.69) is 0 Å². The van der Waals surface area contributed by atoms with Gasteiger partial charge in [0, 0.05) is 0 Å². The highest BCUT2D eigenvalue weighted by Gasteiger charge is 2.09. The standard InChI is InChI=1S/C10H12N2O2.ClH/c1-13-9-4-3-7(8(12)6-11)5-10(9)14-2;/h3-5,8H,12H2,1-2H3;1H. The van der Waals surface area contributed by atoms with Crippen molar-refractivity contribution in [2.24, 2.45) is 5.73 Å². The van der Waals surface area contributed by atoms with Crippen LogP contribution in [0.3, 0.4) is 0 Å². The Hall–Kier alpha value is -1.44. The Labute approximate surface area is 95.0 Å². The van der Waals surface area contributed by atoms with Crippen molar-refractivity contribution < 1.29 is 9.47 Å². The molecule has 5 heteroatoms. The lowest BCUT2D eigenvalue weighted by molar-refractivity contribution is 0.354. The summed E-state index contributed by atoms with van der Waals surface area (Å²) in [5.74, 6) is 1.21. The number of nitriles is 1. The van der Waals surface area contributed by atoms with Gasteiger partial charge in [-0.05, 0) is 17.7 Å². The minimum Gasteiger partial charge on any atom is -0.493 e. The molecular weight excluding hydrogens is 216 g/mol. The number of rotatable bonds is 3. The monoisotopic (exact) mass is 228 g/mol. The minimum atomic E-state index is -0.630. The van der Waals surface area contributed by atoms with E-state index in [4.69, 9.17) is 20.5 Å². The van der Waals surface area contributed by atoms with Crippen molar-refractivity contribution in [3.63, 3.8) is 0 Å². The third-order valence-electron chi connectivity index (χ3n) is 1.91. The summed E-state index contributed by atoms with van der Waals surface area (Å²) in [4.78, 5) is 0. The Kier molecular flexibility index (Phi) is 5.53. The van der Waals surface area contributed by atoms with Crippen LogP contribution in [0.5, 0.6) is 11.5 Å². The third-order valence-corrected chi connectivity index (χ3v) is 1.91. The molecule has 82 valence electrons. The molecule has 1 aromatic rings. The lowest BCUT2D eigenvalue weighted by atomic mass is 10.1. The van der Waals surface area contributed by atoms with Crippen LogP contribution in [-0.4, -0.2) is 14.2 Å². The molecule has 0 aliphatic heterocycles. The predicted molar refractivity (Wildman–Crippen MR) is 59.3 cm³/mol. The van der Waals surface area contributed by atoms with Gasteiger partial charge in [-0.1, -0.05) is 6.07 Å². The smallest absolute Gasteiger partial charge is 0.161 e. The van der Waals surface area contributed by atoms with Gasteiger partial charge in [0.25, 0.3) is 0 Å². The van der Waals surface area contributed by atoms with Crippen molar-refractivity contribution >= 4 is 12.4 Å². The Balaban J connectivity index is 0.00000196. The van der Waals surface area contributed by atoms with Crippen LogP contribution in [-0.2, 0) is 0 Å². The van der Waals surface area contributed by atoms with E-state index in [-0.39, 0.29) is 12.4 Å². The van der Waals surface area contributed by atoms with Crippen molar-refractivity contribution in [2.75, 3.05) is 14.2 Å². The fourth-order valence-electron chi connectivity index (χ4n) is 1.12. The first-order chi connectivity index (χ1) is 6.72. The molecule has 0 aliphatic carbocycles. The van der Waals surface area contributed by atoms with Crippen LogP contribution >= 0.6 is 12.4 Å². The molecule has 0 aromatic heterocycles. The summed E-state index contributed by atoms with van der Waals surface area (Å²) in [5.41, 5.74) is 6.27. The zero-order valence-corrected chi connectivity index (χ0v) is 9.38. The van der Waals surface area contributed by atoms with Gasteiger partial charge in [-0.3, -0.25) is 0 Å². The number of benzene rings is 1. The number of hydrogen-bond acceptors (Lipinski definition) is 4. The van der Waals surface area contributed by atoms with Crippen molar-refractivity contribution in [3.05, 3.63) is 23.8 Å². The largest absolute Gasteiger partial charge is 0.493 e. The number of nitrogens with two attached hydrogens (primary N) is 1. The summed E-state index contributed by atoms with van der Waals surface area (Å²) in [5, 5.41) is 8.63. The Morgan fingerprint density at radius 2 is 1.87 bits per heavy atom. The average Bonchev–Trinajstić information content (AvgIpc) is 2.26. The van der Waals surface area contributed by atoms with Crippen molar-refractivity contribution in [1.29, 1.82) is 5.26 Å². The lowest BCUT2D eigenvalue weighted by Gasteiger charge is -2.10. The van der Waals surface area contributed by atoms with Gasteiger partial charge in [-0.2, -0.15) is 5.26 Å². The van der Waals surface area contributed by atoms with Gasteiger partial charge >= 0.3 is 0 Å². The third kappa shape index (κ3) is 3.01. The SMILES string of the molecule is COc1ccc(C(N)C#N)cc1OC.Cl. The average molecular weight is 229 g/mol. The molecule has 0 amide bonds. The molecule has 0 saturated carbocycles. The van der Waals surface area contributed by atoms with Gasteiger partial charge in [-0.25, -0.2) is 0 Å². The van der Waals surface area contributed by atoms with Crippen LogP contribution in [0.4, 0.5) is 0 Å². The predicted octanol–water partition coefficient (Wildman–Crippen LogP) is 1.65. The van der Waals surface area contributed by atoms with Gasteiger partial charge in [0.15, 0.2) is 11.5 Å². The van der Waals surface area contributed by atoms with Gasteiger partial charge in [0.2, 0.25) is 0 Å². The summed E-state index contributed by atoms with van der Waals surface area (Å²) < 4.78 is 10.1. The van der Waals surface area contributed by atoms with E-state index in [9.17, 15) is 0 Å². The molecule has 1 rings (SSSR count). The van der Waals surface area contributed by atoms with Crippen molar-refractivity contribution in [2.45, 2.75) is 6.04 Å². The van der Waals surface area contributed by atoms with Crippen LogP contribution in [0.15, 0.2) is 18.2 Å². The molecular formula is C10H13ClN2O2. The second-order valence-electron chi connectivity index (χ2n) is 2.72. The minimum absolute atomic E-state index is 0. The highest BCUT2D eigenvalue weighted by Crippen LogP contribution is 2.29. The first-order valence-corrected chi connectivity index (χ1v) is 4.10. The summed E-state index contributed by atoms with van der Waals surface area (Å²) in [6.45, 7) is 0. The molecule has 15 heavy (non-hydrogen) atoms. The Bertz CT molecular complexity index is 363. The summed E-state index contributed by atoms with van der Waals surface area (Å²) >= 11 is 0. The van der Waals surface area contributed by atoms with Crippen LogP contribution < -0.4 is 15.2 Å². The maximum Gasteiger partial charge on any atom is 0.161 e. The Morgan fingerprint density at radius 1 is 1.27 bits per heavy atom. The normalized spacial score (nSPS) is 10.8. The first-order valence-electron chi connectivity index (χ1n) is 4.10. The number of nitrogens with zero attached hydrogens (tertiary/aromatic N) is 1. The van der Waals surface area contributed by atoms with Crippen LogP contribution in [0.1, 0.15) is 11.6 Å². The number of methoxy groups -OCH3 is 2.